The molecule has 0 saturated carbocycles. The second-order valence-electron chi connectivity index (χ2n) is 3.45. The number of rotatable bonds is 5. The summed E-state index contributed by atoms with van der Waals surface area (Å²) in [5.41, 5.74) is 5.11. The van der Waals surface area contributed by atoms with Gasteiger partial charge in [0.25, 0.3) is 15.0 Å². The first-order chi connectivity index (χ1) is 8.25. The summed E-state index contributed by atoms with van der Waals surface area (Å²) in [6.07, 6.45) is -0.622. The van der Waals surface area contributed by atoms with Crippen LogP contribution in [0.5, 0.6) is 5.75 Å². The quantitative estimate of drug-likeness (QED) is 0.841. The summed E-state index contributed by atoms with van der Waals surface area (Å²) in [6.45, 7) is 1.68. The molecule has 1 rings (SSSR count). The molecule has 0 fully saturated rings. The van der Waals surface area contributed by atoms with E-state index in [0.29, 0.717) is 6.42 Å². The number of amides is 1. The third-order valence-corrected chi connectivity index (χ3v) is 3.70. The van der Waals surface area contributed by atoms with E-state index in [4.69, 9.17) is 32.8 Å². The fourth-order valence-corrected chi connectivity index (χ4v) is 2.49. The molecule has 2 N–H and O–H groups in total. The Kier molecular flexibility index (Phi) is 4.84. The minimum Gasteiger partial charge on any atom is -0.479 e. The molecule has 8 heteroatoms. The Balaban J connectivity index is 3.21. The first-order valence-corrected chi connectivity index (χ1v) is 7.64. The van der Waals surface area contributed by atoms with E-state index < -0.39 is 21.1 Å². The van der Waals surface area contributed by atoms with Crippen molar-refractivity contribution in [3.8, 4) is 5.75 Å². The standard InChI is InChI=1S/C10H11Cl2NO4S/c1-2-7(10(13)14)17-8-4-3-6(11)5-9(8)18(12,15)16/h3-5,7H,2H2,1H3,(H2,13,14). The molecule has 0 bridgehead atoms. The van der Waals surface area contributed by atoms with Gasteiger partial charge in [0, 0.05) is 15.7 Å². The molecule has 1 aromatic rings. The fourth-order valence-electron chi connectivity index (χ4n) is 1.27. The molecule has 1 unspecified atom stereocenters. The Hall–Kier alpha value is -0.980. The van der Waals surface area contributed by atoms with Crippen molar-refractivity contribution in [3.05, 3.63) is 23.2 Å². The molecule has 100 valence electrons. The summed E-state index contributed by atoms with van der Waals surface area (Å²) in [7, 11) is 1.23. The Morgan fingerprint density at radius 1 is 1.50 bits per heavy atom. The average molecular weight is 312 g/mol. The molecule has 1 aromatic carbocycles. The van der Waals surface area contributed by atoms with E-state index in [1.807, 2.05) is 0 Å². The third-order valence-electron chi connectivity index (χ3n) is 2.13. The summed E-state index contributed by atoms with van der Waals surface area (Å²) < 4.78 is 28.0. The van der Waals surface area contributed by atoms with E-state index in [9.17, 15) is 13.2 Å². The van der Waals surface area contributed by atoms with Gasteiger partial charge < -0.3 is 10.5 Å². The summed E-state index contributed by atoms with van der Waals surface area (Å²) in [4.78, 5) is 10.8. The zero-order valence-corrected chi connectivity index (χ0v) is 11.7. The molecule has 0 aliphatic rings. The smallest absolute Gasteiger partial charge is 0.265 e. The van der Waals surface area contributed by atoms with Crippen LogP contribution in [0.2, 0.25) is 5.02 Å². The lowest BCUT2D eigenvalue weighted by molar-refractivity contribution is -0.124. The van der Waals surface area contributed by atoms with Crippen molar-refractivity contribution in [2.75, 3.05) is 0 Å². The minimum absolute atomic E-state index is 0.0555. The van der Waals surface area contributed by atoms with Crippen LogP contribution >= 0.6 is 22.3 Å². The lowest BCUT2D eigenvalue weighted by Crippen LogP contribution is -2.33. The highest BCUT2D eigenvalue weighted by Gasteiger charge is 2.22. The van der Waals surface area contributed by atoms with Crippen LogP contribution in [0.1, 0.15) is 13.3 Å². The highest BCUT2D eigenvalue weighted by atomic mass is 35.7. The number of benzene rings is 1. The maximum Gasteiger partial charge on any atom is 0.265 e. The van der Waals surface area contributed by atoms with E-state index in [1.54, 1.807) is 6.92 Å². The topological polar surface area (TPSA) is 86.5 Å². The van der Waals surface area contributed by atoms with E-state index >= 15 is 0 Å². The molecule has 0 saturated heterocycles. The van der Waals surface area contributed by atoms with Crippen molar-refractivity contribution in [1.29, 1.82) is 0 Å². The van der Waals surface area contributed by atoms with E-state index in [1.165, 1.54) is 12.1 Å². The summed E-state index contributed by atoms with van der Waals surface area (Å²) in [5, 5.41) is 0.189. The van der Waals surface area contributed by atoms with Crippen LogP contribution in [0, 0.1) is 0 Å². The highest BCUT2D eigenvalue weighted by molar-refractivity contribution is 8.13. The molecule has 5 nitrogen and oxygen atoms in total. The Bertz CT molecular complexity index is 559. The van der Waals surface area contributed by atoms with Crippen LogP contribution in [0.3, 0.4) is 0 Å². The monoisotopic (exact) mass is 311 g/mol. The molecular formula is C10H11Cl2NO4S. The van der Waals surface area contributed by atoms with Crippen LogP contribution in [-0.4, -0.2) is 20.4 Å². The maximum atomic E-state index is 11.4. The third kappa shape index (κ3) is 3.76. The number of nitrogens with two attached hydrogens (primary N) is 1. The minimum atomic E-state index is -4.02. The molecule has 0 aliphatic heterocycles. The van der Waals surface area contributed by atoms with E-state index in [-0.39, 0.29) is 15.7 Å². The van der Waals surface area contributed by atoms with Crippen molar-refractivity contribution >= 4 is 37.2 Å². The van der Waals surface area contributed by atoms with Crippen LogP contribution in [0.15, 0.2) is 23.1 Å². The van der Waals surface area contributed by atoms with Crippen molar-refractivity contribution in [1.82, 2.24) is 0 Å². The first kappa shape index (κ1) is 15.1. The van der Waals surface area contributed by atoms with Crippen LogP contribution < -0.4 is 10.5 Å². The average Bonchev–Trinajstić information content (AvgIpc) is 2.25. The van der Waals surface area contributed by atoms with Gasteiger partial charge in [-0.15, -0.1) is 0 Å². The molecule has 0 spiro atoms. The summed E-state index contributed by atoms with van der Waals surface area (Å²) in [5.74, 6) is -0.745. The van der Waals surface area contributed by atoms with Gasteiger partial charge in [-0.05, 0) is 24.6 Å². The van der Waals surface area contributed by atoms with Gasteiger partial charge in [-0.25, -0.2) is 8.42 Å². The molecule has 0 aromatic heterocycles. The number of ether oxygens (including phenoxy) is 1. The normalized spacial score (nSPS) is 13.1. The lowest BCUT2D eigenvalue weighted by Gasteiger charge is -2.16. The number of carbonyl (C=O) groups is 1. The van der Waals surface area contributed by atoms with Crippen molar-refractivity contribution in [2.45, 2.75) is 24.3 Å². The second kappa shape index (κ2) is 5.77. The van der Waals surface area contributed by atoms with E-state index in [0.717, 1.165) is 6.07 Å². The van der Waals surface area contributed by atoms with Gasteiger partial charge in [0.2, 0.25) is 0 Å². The molecular weight excluding hydrogens is 301 g/mol. The number of carbonyl (C=O) groups excluding carboxylic acids is 1. The zero-order chi connectivity index (χ0) is 13.9. The van der Waals surface area contributed by atoms with Gasteiger partial charge in [0.15, 0.2) is 6.10 Å². The summed E-state index contributed by atoms with van der Waals surface area (Å²) >= 11 is 5.69. The highest BCUT2D eigenvalue weighted by Crippen LogP contribution is 2.30. The number of hydrogen-bond donors (Lipinski definition) is 1. The van der Waals surface area contributed by atoms with Gasteiger partial charge >= 0.3 is 0 Å². The number of halogens is 2. The Labute approximate surface area is 114 Å². The van der Waals surface area contributed by atoms with Crippen LogP contribution in [0.4, 0.5) is 0 Å². The van der Waals surface area contributed by atoms with Gasteiger partial charge in [-0.3, -0.25) is 4.79 Å². The SMILES string of the molecule is CCC(Oc1ccc(Cl)cc1S(=O)(=O)Cl)C(N)=O. The van der Waals surface area contributed by atoms with Gasteiger partial charge in [-0.2, -0.15) is 0 Å². The number of hydrogen-bond acceptors (Lipinski definition) is 4. The Morgan fingerprint density at radius 2 is 2.11 bits per heavy atom. The molecule has 1 atom stereocenters. The lowest BCUT2D eigenvalue weighted by atomic mass is 10.2. The zero-order valence-electron chi connectivity index (χ0n) is 9.39. The Morgan fingerprint density at radius 3 is 2.56 bits per heavy atom. The molecule has 0 radical (unpaired) electrons. The summed E-state index contributed by atoms with van der Waals surface area (Å²) in [6, 6.07) is 3.90. The van der Waals surface area contributed by atoms with Gasteiger partial charge in [-0.1, -0.05) is 18.5 Å². The molecule has 1 amide bonds. The van der Waals surface area contributed by atoms with Crippen LogP contribution in [-0.2, 0) is 13.8 Å². The largest absolute Gasteiger partial charge is 0.479 e. The predicted octanol–water partition coefficient (Wildman–Crippen LogP) is 1.91. The van der Waals surface area contributed by atoms with Crippen molar-refractivity contribution < 1.29 is 17.9 Å². The van der Waals surface area contributed by atoms with Crippen molar-refractivity contribution in [3.63, 3.8) is 0 Å². The first-order valence-electron chi connectivity index (χ1n) is 4.96. The molecule has 0 heterocycles. The van der Waals surface area contributed by atoms with Crippen molar-refractivity contribution in [2.24, 2.45) is 5.73 Å². The molecule has 18 heavy (non-hydrogen) atoms. The second-order valence-corrected chi connectivity index (χ2v) is 6.42. The fraction of sp³-hybridized carbons (Fsp3) is 0.300. The maximum absolute atomic E-state index is 11.4. The van der Waals surface area contributed by atoms with Gasteiger partial charge in [0.1, 0.15) is 10.6 Å². The molecule has 0 aliphatic carbocycles. The van der Waals surface area contributed by atoms with Gasteiger partial charge in [0.05, 0.1) is 0 Å². The van der Waals surface area contributed by atoms with E-state index in [2.05, 4.69) is 0 Å². The number of primary amides is 1. The van der Waals surface area contributed by atoms with Crippen LogP contribution in [0.25, 0.3) is 0 Å². The predicted molar refractivity (Wildman–Crippen MR) is 68.4 cm³/mol.